The van der Waals surface area contributed by atoms with Crippen molar-refractivity contribution in [2.75, 3.05) is 19.6 Å². The molecule has 1 aromatic carbocycles. The van der Waals surface area contributed by atoms with Crippen molar-refractivity contribution in [2.45, 2.75) is 64.7 Å². The smallest absolute Gasteiger partial charge is 0.277 e. The number of likely N-dealkylation sites (tertiary alicyclic amines) is 1. The molecule has 2 heterocycles. The minimum atomic E-state index is -0.111. The fourth-order valence-electron chi connectivity index (χ4n) is 4.09. The molecule has 0 bridgehead atoms. The van der Waals surface area contributed by atoms with E-state index in [0.29, 0.717) is 17.8 Å². The molecular formula is C23H32N2O2. The number of carbonyl (C=O) groups excluding carboxylic acids is 2. The Balaban J connectivity index is 1.75. The number of unbranched alkanes of at least 4 members (excludes halogenated alkanes) is 5. The first-order chi connectivity index (χ1) is 13.2. The molecule has 2 amide bonds. The van der Waals surface area contributed by atoms with Crippen molar-refractivity contribution in [1.29, 1.82) is 0 Å². The zero-order chi connectivity index (χ0) is 19.1. The maximum absolute atomic E-state index is 13.2. The molecule has 27 heavy (non-hydrogen) atoms. The molecule has 0 aliphatic carbocycles. The Morgan fingerprint density at radius 3 is 2.19 bits per heavy atom. The summed E-state index contributed by atoms with van der Waals surface area (Å²) in [6.07, 6.45) is 10.3. The first-order valence-corrected chi connectivity index (χ1v) is 10.6. The lowest BCUT2D eigenvalue weighted by atomic mass is 10.0. The van der Waals surface area contributed by atoms with E-state index in [-0.39, 0.29) is 11.8 Å². The summed E-state index contributed by atoms with van der Waals surface area (Å²) in [6, 6.07) is 9.70. The van der Waals surface area contributed by atoms with E-state index in [0.717, 1.165) is 44.3 Å². The van der Waals surface area contributed by atoms with Crippen LogP contribution in [0.5, 0.6) is 0 Å². The maximum Gasteiger partial charge on any atom is 0.277 e. The van der Waals surface area contributed by atoms with Crippen LogP contribution in [0.3, 0.4) is 0 Å². The molecule has 0 atom stereocenters. The molecule has 2 aliphatic rings. The van der Waals surface area contributed by atoms with Crippen LogP contribution >= 0.6 is 0 Å². The molecule has 0 spiro atoms. The number of hydrogen-bond donors (Lipinski definition) is 0. The molecule has 0 saturated carbocycles. The molecule has 0 radical (unpaired) electrons. The Morgan fingerprint density at radius 2 is 1.48 bits per heavy atom. The van der Waals surface area contributed by atoms with E-state index in [4.69, 9.17) is 0 Å². The molecule has 1 aromatic rings. The average Bonchev–Trinajstić information content (AvgIpc) is 2.96. The molecule has 146 valence electrons. The highest BCUT2D eigenvalue weighted by molar-refractivity contribution is 6.35. The minimum Gasteiger partial charge on any atom is -0.366 e. The Morgan fingerprint density at radius 1 is 0.815 bits per heavy atom. The number of amides is 2. The summed E-state index contributed by atoms with van der Waals surface area (Å²) in [6.45, 7) is 4.49. The molecule has 4 nitrogen and oxygen atoms in total. The van der Waals surface area contributed by atoms with E-state index >= 15 is 0 Å². The van der Waals surface area contributed by atoms with Crippen LogP contribution in [0.4, 0.5) is 0 Å². The van der Waals surface area contributed by atoms with Crippen molar-refractivity contribution < 1.29 is 9.59 Å². The van der Waals surface area contributed by atoms with E-state index in [2.05, 4.69) is 11.8 Å². The molecule has 2 aliphatic heterocycles. The van der Waals surface area contributed by atoms with Gasteiger partial charge < -0.3 is 4.90 Å². The standard InChI is InChI=1S/C23H32N2O2/c1-2-3-4-5-6-13-18-25-22(26)20(19-14-9-7-10-15-19)21(23(25)27)24-16-11-8-12-17-24/h7,9-10,14-15H,2-6,8,11-13,16-18H2,1H3. The van der Waals surface area contributed by atoms with Crippen LogP contribution in [-0.2, 0) is 9.59 Å². The summed E-state index contributed by atoms with van der Waals surface area (Å²) < 4.78 is 0. The molecule has 0 aromatic heterocycles. The summed E-state index contributed by atoms with van der Waals surface area (Å²) >= 11 is 0. The predicted molar refractivity (Wildman–Crippen MR) is 109 cm³/mol. The second-order valence-corrected chi connectivity index (χ2v) is 7.67. The van der Waals surface area contributed by atoms with Crippen molar-refractivity contribution in [3.05, 3.63) is 41.6 Å². The van der Waals surface area contributed by atoms with Crippen molar-refractivity contribution in [2.24, 2.45) is 0 Å². The van der Waals surface area contributed by atoms with Crippen LogP contribution < -0.4 is 0 Å². The summed E-state index contributed by atoms with van der Waals surface area (Å²) in [4.78, 5) is 30.0. The zero-order valence-electron chi connectivity index (χ0n) is 16.6. The first-order valence-electron chi connectivity index (χ1n) is 10.6. The molecule has 0 unspecified atom stereocenters. The Hall–Kier alpha value is -2.10. The van der Waals surface area contributed by atoms with Gasteiger partial charge in [0.2, 0.25) is 0 Å². The lowest BCUT2D eigenvalue weighted by Gasteiger charge is -2.29. The van der Waals surface area contributed by atoms with Gasteiger partial charge in [-0.1, -0.05) is 69.4 Å². The molecule has 3 rings (SSSR count). The van der Waals surface area contributed by atoms with Gasteiger partial charge in [0.15, 0.2) is 0 Å². The minimum absolute atomic E-state index is 0.0886. The highest BCUT2D eigenvalue weighted by Gasteiger charge is 2.41. The maximum atomic E-state index is 13.2. The Labute approximate surface area is 163 Å². The van der Waals surface area contributed by atoms with Gasteiger partial charge in [-0.05, 0) is 31.2 Å². The van der Waals surface area contributed by atoms with Gasteiger partial charge >= 0.3 is 0 Å². The fourth-order valence-corrected chi connectivity index (χ4v) is 4.09. The lowest BCUT2D eigenvalue weighted by Crippen LogP contribution is -2.37. The van der Waals surface area contributed by atoms with Crippen LogP contribution in [0.25, 0.3) is 5.57 Å². The van der Waals surface area contributed by atoms with Gasteiger partial charge in [-0.3, -0.25) is 14.5 Å². The molecule has 0 N–H and O–H groups in total. The summed E-state index contributed by atoms with van der Waals surface area (Å²) in [7, 11) is 0. The van der Waals surface area contributed by atoms with Gasteiger partial charge in [-0.15, -0.1) is 0 Å². The second kappa shape index (κ2) is 9.72. The van der Waals surface area contributed by atoms with Gasteiger partial charge in [-0.2, -0.15) is 0 Å². The SMILES string of the molecule is CCCCCCCCN1C(=O)C(c2ccccc2)=C(N2CCCCC2)C1=O. The number of piperidine rings is 1. The van der Waals surface area contributed by atoms with Crippen LogP contribution in [-0.4, -0.2) is 41.2 Å². The van der Waals surface area contributed by atoms with Gasteiger partial charge in [0.25, 0.3) is 11.8 Å². The molecule has 1 saturated heterocycles. The van der Waals surface area contributed by atoms with Gasteiger partial charge in [0, 0.05) is 19.6 Å². The van der Waals surface area contributed by atoms with Gasteiger partial charge in [0.1, 0.15) is 5.70 Å². The Bertz CT molecular complexity index is 675. The summed E-state index contributed by atoms with van der Waals surface area (Å²) in [5, 5.41) is 0. The van der Waals surface area contributed by atoms with Crippen LogP contribution in [0.2, 0.25) is 0 Å². The highest BCUT2D eigenvalue weighted by atomic mass is 16.2. The quantitative estimate of drug-likeness (QED) is 0.472. The third kappa shape index (κ3) is 4.60. The largest absolute Gasteiger partial charge is 0.366 e. The number of benzene rings is 1. The van der Waals surface area contributed by atoms with Gasteiger partial charge in [0.05, 0.1) is 5.57 Å². The lowest BCUT2D eigenvalue weighted by molar-refractivity contribution is -0.137. The van der Waals surface area contributed by atoms with E-state index in [9.17, 15) is 9.59 Å². The fraction of sp³-hybridized carbons (Fsp3) is 0.565. The summed E-state index contributed by atoms with van der Waals surface area (Å²) in [5.74, 6) is -0.199. The van der Waals surface area contributed by atoms with E-state index in [1.54, 1.807) is 0 Å². The Kier molecular flexibility index (Phi) is 7.08. The number of imide groups is 1. The number of hydrogen-bond acceptors (Lipinski definition) is 3. The molecule has 4 heteroatoms. The molecular weight excluding hydrogens is 336 g/mol. The van der Waals surface area contributed by atoms with Crippen LogP contribution in [0.1, 0.15) is 70.3 Å². The third-order valence-electron chi connectivity index (χ3n) is 5.61. The topological polar surface area (TPSA) is 40.6 Å². The van der Waals surface area contributed by atoms with Crippen LogP contribution in [0.15, 0.2) is 36.0 Å². The van der Waals surface area contributed by atoms with Gasteiger partial charge in [-0.25, -0.2) is 0 Å². The number of rotatable bonds is 9. The first kappa shape index (κ1) is 19.7. The third-order valence-corrected chi connectivity index (χ3v) is 5.61. The van der Waals surface area contributed by atoms with Crippen molar-refractivity contribution in [1.82, 2.24) is 9.80 Å². The second-order valence-electron chi connectivity index (χ2n) is 7.67. The summed E-state index contributed by atoms with van der Waals surface area (Å²) in [5.41, 5.74) is 2.10. The van der Waals surface area contributed by atoms with Crippen molar-refractivity contribution in [3.8, 4) is 0 Å². The van der Waals surface area contributed by atoms with Crippen molar-refractivity contribution in [3.63, 3.8) is 0 Å². The number of nitrogens with zero attached hydrogens (tertiary/aromatic N) is 2. The highest BCUT2D eigenvalue weighted by Crippen LogP contribution is 2.33. The van der Waals surface area contributed by atoms with Crippen molar-refractivity contribution >= 4 is 17.4 Å². The average molecular weight is 369 g/mol. The number of carbonyl (C=O) groups is 2. The van der Waals surface area contributed by atoms with E-state index in [1.807, 2.05) is 30.3 Å². The zero-order valence-corrected chi connectivity index (χ0v) is 16.6. The van der Waals surface area contributed by atoms with Crippen LogP contribution in [0, 0.1) is 0 Å². The molecule has 1 fully saturated rings. The predicted octanol–water partition coefficient (Wildman–Crippen LogP) is 4.61. The van der Waals surface area contributed by atoms with E-state index < -0.39 is 0 Å². The monoisotopic (exact) mass is 368 g/mol. The van der Waals surface area contributed by atoms with E-state index in [1.165, 1.54) is 37.0 Å². The normalized spacial score (nSPS) is 18.0.